The van der Waals surface area contributed by atoms with Crippen molar-refractivity contribution in [3.05, 3.63) is 12.2 Å². The number of carbonyl (C=O) groups excluding carboxylic acids is 3. The van der Waals surface area contributed by atoms with Crippen LogP contribution in [-0.2, 0) is 28.6 Å². The summed E-state index contributed by atoms with van der Waals surface area (Å²) in [7, 11) is 0. The summed E-state index contributed by atoms with van der Waals surface area (Å²) in [5, 5.41) is 0. The number of ether oxygens (including phenoxy) is 3. The minimum atomic E-state index is -0.512. The van der Waals surface area contributed by atoms with E-state index in [1.54, 1.807) is 0 Å². The molecule has 0 radical (unpaired) electrons. The van der Waals surface area contributed by atoms with Crippen molar-refractivity contribution in [1.29, 1.82) is 0 Å². The zero-order valence-electron chi connectivity index (χ0n) is 21.2. The molecule has 1 atom stereocenters. The number of hydrogen-bond acceptors (Lipinski definition) is 6. The summed E-state index contributed by atoms with van der Waals surface area (Å²) in [4.78, 5) is 36.0. The first-order valence-corrected chi connectivity index (χ1v) is 12.2. The van der Waals surface area contributed by atoms with E-state index in [1.807, 2.05) is 47.6 Å². The molecule has 6 heteroatoms. The summed E-state index contributed by atoms with van der Waals surface area (Å²) in [5.74, 6) is -0.439. The molecule has 6 nitrogen and oxygen atoms in total. The maximum absolute atomic E-state index is 12.4. The first-order chi connectivity index (χ1) is 15.1. The van der Waals surface area contributed by atoms with Crippen LogP contribution in [0.25, 0.3) is 0 Å². The van der Waals surface area contributed by atoms with E-state index in [4.69, 9.17) is 14.2 Å². The first kappa shape index (κ1) is 30.1. The Hall–Kier alpha value is -1.85. The van der Waals surface area contributed by atoms with Crippen molar-refractivity contribution in [2.24, 2.45) is 23.7 Å². The van der Waals surface area contributed by atoms with E-state index < -0.39 is 5.92 Å². The van der Waals surface area contributed by atoms with E-state index in [2.05, 4.69) is 6.08 Å². The van der Waals surface area contributed by atoms with Crippen molar-refractivity contribution in [3.63, 3.8) is 0 Å². The van der Waals surface area contributed by atoms with Gasteiger partial charge in [0, 0.05) is 6.42 Å². The lowest BCUT2D eigenvalue weighted by molar-refractivity contribution is -0.156. The lowest BCUT2D eigenvalue weighted by Crippen LogP contribution is -2.24. The molecule has 1 unspecified atom stereocenters. The fourth-order valence-corrected chi connectivity index (χ4v) is 2.74. The average Bonchev–Trinajstić information content (AvgIpc) is 2.72. The van der Waals surface area contributed by atoms with Gasteiger partial charge >= 0.3 is 17.9 Å². The Morgan fingerprint density at radius 3 is 1.78 bits per heavy atom. The lowest BCUT2D eigenvalue weighted by Gasteiger charge is -2.15. The third-order valence-corrected chi connectivity index (χ3v) is 4.55. The van der Waals surface area contributed by atoms with Gasteiger partial charge in [-0.15, -0.1) is 0 Å². The van der Waals surface area contributed by atoms with Gasteiger partial charge in [0.1, 0.15) is 0 Å². The molecule has 0 bridgehead atoms. The van der Waals surface area contributed by atoms with E-state index in [0.717, 1.165) is 32.1 Å². The third-order valence-electron chi connectivity index (χ3n) is 4.55. The molecule has 0 fully saturated rings. The van der Waals surface area contributed by atoms with Crippen LogP contribution in [0, 0.1) is 23.7 Å². The fraction of sp³-hybridized carbons (Fsp3) is 0.808. The van der Waals surface area contributed by atoms with Gasteiger partial charge in [-0.2, -0.15) is 0 Å². The molecule has 0 aromatic heterocycles. The third kappa shape index (κ3) is 18.9. The zero-order chi connectivity index (χ0) is 24.4. The number of esters is 3. The Morgan fingerprint density at radius 2 is 1.19 bits per heavy atom. The minimum Gasteiger partial charge on any atom is -0.465 e. The Morgan fingerprint density at radius 1 is 0.656 bits per heavy atom. The van der Waals surface area contributed by atoms with Crippen molar-refractivity contribution in [2.75, 3.05) is 19.8 Å². The lowest BCUT2D eigenvalue weighted by atomic mass is 10.0. The van der Waals surface area contributed by atoms with E-state index in [0.29, 0.717) is 38.6 Å². The van der Waals surface area contributed by atoms with Gasteiger partial charge in [0.15, 0.2) is 0 Å². The predicted octanol–water partition coefficient (Wildman–Crippen LogP) is 5.88. The molecule has 0 aliphatic carbocycles. The van der Waals surface area contributed by atoms with E-state index >= 15 is 0 Å². The van der Waals surface area contributed by atoms with E-state index in [9.17, 15) is 14.4 Å². The van der Waals surface area contributed by atoms with Gasteiger partial charge in [-0.1, -0.05) is 66.5 Å². The molecule has 0 N–H and O–H groups in total. The van der Waals surface area contributed by atoms with Crippen LogP contribution in [0.4, 0.5) is 0 Å². The zero-order valence-corrected chi connectivity index (χ0v) is 21.2. The topological polar surface area (TPSA) is 78.9 Å². The van der Waals surface area contributed by atoms with Crippen LogP contribution in [0.1, 0.15) is 92.9 Å². The summed E-state index contributed by atoms with van der Waals surface area (Å²) in [6, 6.07) is 0. The Bertz CT molecular complexity index is 551. The van der Waals surface area contributed by atoms with Gasteiger partial charge in [0.25, 0.3) is 0 Å². The molecule has 0 amide bonds. The highest BCUT2D eigenvalue weighted by molar-refractivity contribution is 5.80. The molecule has 0 saturated heterocycles. The van der Waals surface area contributed by atoms with Gasteiger partial charge in [-0.25, -0.2) is 0 Å². The summed E-state index contributed by atoms with van der Waals surface area (Å²) in [5.41, 5.74) is 0. The normalized spacial score (nSPS) is 12.5. The van der Waals surface area contributed by atoms with Gasteiger partial charge in [-0.3, -0.25) is 14.4 Å². The average molecular weight is 455 g/mol. The number of allylic oxidation sites excluding steroid dienone is 2. The van der Waals surface area contributed by atoms with Gasteiger partial charge in [-0.05, 0) is 43.4 Å². The highest BCUT2D eigenvalue weighted by Gasteiger charge is 2.23. The van der Waals surface area contributed by atoms with Crippen LogP contribution in [0.2, 0.25) is 0 Å². The minimum absolute atomic E-state index is 0.0426. The van der Waals surface area contributed by atoms with Crippen LogP contribution in [0.15, 0.2) is 12.2 Å². The van der Waals surface area contributed by atoms with Gasteiger partial charge in [0.05, 0.1) is 32.2 Å². The maximum atomic E-state index is 12.4. The molecule has 0 heterocycles. The van der Waals surface area contributed by atoms with Crippen LogP contribution >= 0.6 is 0 Å². The second kappa shape index (κ2) is 18.7. The molecule has 0 rings (SSSR count). The number of unbranched alkanes of at least 4 members (excludes halogenated alkanes) is 4. The smallest absolute Gasteiger partial charge is 0.309 e. The number of hydrogen-bond donors (Lipinski definition) is 0. The van der Waals surface area contributed by atoms with Gasteiger partial charge < -0.3 is 14.2 Å². The number of carbonyl (C=O) groups is 3. The number of rotatable bonds is 18. The molecule has 186 valence electrons. The summed E-state index contributed by atoms with van der Waals surface area (Å²) >= 11 is 0. The molecular weight excluding hydrogens is 408 g/mol. The van der Waals surface area contributed by atoms with Crippen molar-refractivity contribution in [1.82, 2.24) is 0 Å². The van der Waals surface area contributed by atoms with Crippen molar-refractivity contribution in [3.8, 4) is 0 Å². The standard InChI is InChI=1S/C26H46O6/c1-20(2)17-30-24(27)15-13-11-9-7-8-10-12-14-23(26(29)32-19-22(5)6)16-25(28)31-18-21(3)4/h10,12,20-23H,7-9,11,13-19H2,1-6H3. The SMILES string of the molecule is CC(C)COC(=O)CCCCCCC=CCC(CC(=O)OCC(C)C)C(=O)OCC(C)C. The van der Waals surface area contributed by atoms with Crippen molar-refractivity contribution >= 4 is 17.9 Å². The summed E-state index contributed by atoms with van der Waals surface area (Å²) in [6.45, 7) is 13.2. The second-order valence-corrected chi connectivity index (χ2v) is 9.74. The largest absolute Gasteiger partial charge is 0.465 e. The Balaban J connectivity index is 4.21. The predicted molar refractivity (Wildman–Crippen MR) is 127 cm³/mol. The van der Waals surface area contributed by atoms with Gasteiger partial charge in [0.2, 0.25) is 0 Å². The Kier molecular flexibility index (Phi) is 17.6. The molecule has 0 spiro atoms. The first-order valence-electron chi connectivity index (χ1n) is 12.2. The molecule has 0 aliphatic rings. The van der Waals surface area contributed by atoms with Crippen LogP contribution in [0.3, 0.4) is 0 Å². The quantitative estimate of drug-likeness (QED) is 0.111. The molecule has 0 aliphatic heterocycles. The summed E-state index contributed by atoms with van der Waals surface area (Å²) < 4.78 is 15.7. The van der Waals surface area contributed by atoms with Crippen LogP contribution < -0.4 is 0 Å². The Labute approximate surface area is 195 Å². The monoisotopic (exact) mass is 454 g/mol. The molecule has 0 saturated carbocycles. The van der Waals surface area contributed by atoms with Crippen molar-refractivity contribution in [2.45, 2.75) is 92.9 Å². The van der Waals surface area contributed by atoms with E-state index in [1.165, 1.54) is 0 Å². The van der Waals surface area contributed by atoms with E-state index in [-0.39, 0.29) is 36.2 Å². The molecule has 0 aromatic carbocycles. The van der Waals surface area contributed by atoms with Crippen LogP contribution in [-0.4, -0.2) is 37.7 Å². The fourth-order valence-electron chi connectivity index (χ4n) is 2.74. The van der Waals surface area contributed by atoms with Crippen LogP contribution in [0.5, 0.6) is 0 Å². The highest BCUT2D eigenvalue weighted by Crippen LogP contribution is 2.15. The highest BCUT2D eigenvalue weighted by atomic mass is 16.5. The van der Waals surface area contributed by atoms with Crippen molar-refractivity contribution < 1.29 is 28.6 Å². The second-order valence-electron chi connectivity index (χ2n) is 9.74. The maximum Gasteiger partial charge on any atom is 0.309 e. The molecular formula is C26H46O6. The molecule has 32 heavy (non-hydrogen) atoms. The summed E-state index contributed by atoms with van der Waals surface area (Å²) in [6.07, 6.45) is 9.83. The molecule has 0 aromatic rings.